The van der Waals surface area contributed by atoms with Crippen LogP contribution in [0.2, 0.25) is 0 Å². The van der Waals surface area contributed by atoms with E-state index in [4.69, 9.17) is 4.98 Å². The maximum Gasteiger partial charge on any atom is 0.326 e. The van der Waals surface area contributed by atoms with Crippen LogP contribution in [0.5, 0.6) is 0 Å². The fourth-order valence-electron chi connectivity index (χ4n) is 4.32. The second-order valence-electron chi connectivity index (χ2n) is 8.05. The lowest BCUT2D eigenvalue weighted by atomic mass is 9.92. The fraction of sp³-hybridized carbons (Fsp3) is 0.318. The molecule has 0 unspecified atom stereocenters. The molecule has 2 fully saturated rings. The van der Waals surface area contributed by atoms with Crippen LogP contribution < -0.4 is 5.32 Å². The smallest absolute Gasteiger partial charge is 0.319 e. The van der Waals surface area contributed by atoms with Crippen molar-refractivity contribution in [2.75, 3.05) is 13.2 Å². The number of amides is 3. The lowest BCUT2D eigenvalue weighted by Gasteiger charge is -2.27. The third kappa shape index (κ3) is 3.28. The zero-order chi connectivity index (χ0) is 21.8. The number of para-hydroxylation sites is 1. The van der Waals surface area contributed by atoms with E-state index in [1.165, 1.54) is 13.0 Å². The highest BCUT2D eigenvalue weighted by molar-refractivity contribution is 7.18. The SMILES string of the molecule is C[C@]1(c2ccc(F)c(F)c2)NC(=O)N(CN2CCC[C@@H]2c2nc3ccccc3s2)C1=O. The first-order valence-corrected chi connectivity index (χ1v) is 10.9. The molecule has 2 aromatic carbocycles. The molecule has 3 aromatic rings. The Morgan fingerprint density at radius 1 is 1.19 bits per heavy atom. The van der Waals surface area contributed by atoms with Crippen molar-refractivity contribution >= 4 is 33.5 Å². The van der Waals surface area contributed by atoms with Gasteiger partial charge in [-0.05, 0) is 49.6 Å². The van der Waals surface area contributed by atoms with Gasteiger partial charge in [0.05, 0.1) is 22.9 Å². The van der Waals surface area contributed by atoms with Gasteiger partial charge in [0, 0.05) is 6.54 Å². The minimum atomic E-state index is -1.45. The minimum absolute atomic E-state index is 0.0214. The quantitative estimate of drug-likeness (QED) is 0.617. The van der Waals surface area contributed by atoms with Crippen molar-refractivity contribution in [1.29, 1.82) is 0 Å². The molecule has 9 heteroatoms. The number of aromatic nitrogens is 1. The Morgan fingerprint density at radius 3 is 2.77 bits per heavy atom. The number of benzene rings is 2. The van der Waals surface area contributed by atoms with Crippen molar-refractivity contribution in [3.8, 4) is 0 Å². The number of hydrogen-bond donors (Lipinski definition) is 1. The number of rotatable bonds is 4. The first kappa shape index (κ1) is 20.0. The highest BCUT2D eigenvalue weighted by atomic mass is 32.1. The number of carbonyl (C=O) groups is 2. The van der Waals surface area contributed by atoms with E-state index < -0.39 is 29.1 Å². The first-order valence-electron chi connectivity index (χ1n) is 10.1. The fourth-order valence-corrected chi connectivity index (χ4v) is 5.45. The van der Waals surface area contributed by atoms with Gasteiger partial charge < -0.3 is 5.32 Å². The van der Waals surface area contributed by atoms with Crippen molar-refractivity contribution in [2.24, 2.45) is 0 Å². The molecule has 2 saturated heterocycles. The molecule has 160 valence electrons. The van der Waals surface area contributed by atoms with Gasteiger partial charge in [-0.15, -0.1) is 11.3 Å². The van der Waals surface area contributed by atoms with Gasteiger partial charge in [0.25, 0.3) is 5.91 Å². The normalized spacial score (nSPS) is 24.4. The summed E-state index contributed by atoms with van der Waals surface area (Å²) in [5, 5.41) is 3.62. The largest absolute Gasteiger partial charge is 0.326 e. The van der Waals surface area contributed by atoms with E-state index in [1.54, 1.807) is 11.3 Å². The summed E-state index contributed by atoms with van der Waals surface area (Å²) in [6.07, 6.45) is 1.83. The summed E-state index contributed by atoms with van der Waals surface area (Å²) in [6.45, 7) is 2.36. The second-order valence-corrected chi connectivity index (χ2v) is 9.11. The Hall–Kier alpha value is -2.91. The Kier molecular flexibility index (Phi) is 4.75. The number of fused-ring (bicyclic) bond motifs is 1. The number of hydrogen-bond acceptors (Lipinski definition) is 5. The summed E-state index contributed by atoms with van der Waals surface area (Å²) >= 11 is 1.62. The zero-order valence-corrected chi connectivity index (χ0v) is 17.6. The third-order valence-electron chi connectivity index (χ3n) is 6.05. The monoisotopic (exact) mass is 442 g/mol. The molecule has 2 aliphatic rings. The standard InChI is InChI=1S/C22H20F2N4O2S/c1-22(13-8-9-14(23)15(24)11-13)20(29)28(21(30)26-22)12-27-10-4-6-17(27)19-25-16-5-2-3-7-18(16)31-19/h2-3,5,7-9,11,17H,4,6,10,12H2,1H3,(H,26,30)/t17-,22-/m1/s1. The number of likely N-dealkylation sites (tertiary alicyclic amines) is 1. The molecule has 0 radical (unpaired) electrons. The van der Waals surface area contributed by atoms with Gasteiger partial charge in [-0.3, -0.25) is 9.69 Å². The van der Waals surface area contributed by atoms with Crippen molar-refractivity contribution in [1.82, 2.24) is 20.1 Å². The van der Waals surface area contributed by atoms with E-state index in [-0.39, 0.29) is 18.3 Å². The number of nitrogens with zero attached hydrogens (tertiary/aromatic N) is 3. The predicted octanol–water partition coefficient (Wildman–Crippen LogP) is 4.14. The molecule has 0 spiro atoms. The molecule has 3 heterocycles. The average Bonchev–Trinajstić information content (AvgIpc) is 3.43. The molecule has 0 aliphatic carbocycles. The maximum absolute atomic E-state index is 13.8. The first-order chi connectivity index (χ1) is 14.9. The molecule has 6 nitrogen and oxygen atoms in total. The number of halogens is 2. The van der Waals surface area contributed by atoms with Crippen molar-refractivity contribution < 1.29 is 18.4 Å². The van der Waals surface area contributed by atoms with Gasteiger partial charge in [0.2, 0.25) is 0 Å². The number of imide groups is 1. The molecular formula is C22H20F2N4O2S. The third-order valence-corrected chi connectivity index (χ3v) is 7.19. The summed E-state index contributed by atoms with van der Waals surface area (Å²) in [5.41, 5.74) is -0.303. The van der Waals surface area contributed by atoms with E-state index in [0.717, 1.165) is 51.6 Å². The highest BCUT2D eigenvalue weighted by Crippen LogP contribution is 2.37. The van der Waals surface area contributed by atoms with Crippen LogP contribution in [0, 0.1) is 11.6 Å². The summed E-state index contributed by atoms with van der Waals surface area (Å²) in [6, 6.07) is 10.6. The van der Waals surface area contributed by atoms with Crippen molar-refractivity contribution in [3.05, 3.63) is 64.7 Å². The summed E-state index contributed by atoms with van der Waals surface area (Å²) in [4.78, 5) is 33.8. The van der Waals surface area contributed by atoms with Gasteiger partial charge >= 0.3 is 6.03 Å². The Bertz CT molecular complexity index is 1170. The van der Waals surface area contributed by atoms with E-state index in [9.17, 15) is 18.4 Å². The van der Waals surface area contributed by atoms with E-state index in [2.05, 4.69) is 10.2 Å². The minimum Gasteiger partial charge on any atom is -0.319 e. The van der Waals surface area contributed by atoms with E-state index >= 15 is 0 Å². The van der Waals surface area contributed by atoms with Gasteiger partial charge in [-0.25, -0.2) is 23.5 Å². The number of thiazole rings is 1. The molecular weight excluding hydrogens is 422 g/mol. The summed E-state index contributed by atoms with van der Waals surface area (Å²) < 4.78 is 28.2. The summed E-state index contributed by atoms with van der Waals surface area (Å²) in [5.74, 6) is -2.55. The van der Waals surface area contributed by atoms with Crippen LogP contribution >= 0.6 is 11.3 Å². The molecule has 0 bridgehead atoms. The topological polar surface area (TPSA) is 65.5 Å². The summed E-state index contributed by atoms with van der Waals surface area (Å²) in [7, 11) is 0. The lowest BCUT2D eigenvalue weighted by molar-refractivity contribution is -0.132. The van der Waals surface area contributed by atoms with Gasteiger partial charge in [-0.2, -0.15) is 0 Å². The van der Waals surface area contributed by atoms with Crippen molar-refractivity contribution in [3.63, 3.8) is 0 Å². The van der Waals surface area contributed by atoms with Crippen LogP contribution in [0.1, 0.15) is 36.4 Å². The van der Waals surface area contributed by atoms with Crippen LogP contribution in [0.3, 0.4) is 0 Å². The van der Waals surface area contributed by atoms with Gasteiger partial charge in [0.15, 0.2) is 11.6 Å². The molecule has 2 atom stereocenters. The van der Waals surface area contributed by atoms with E-state index in [1.807, 2.05) is 24.3 Å². The average molecular weight is 442 g/mol. The Labute approximate surface area is 181 Å². The predicted molar refractivity (Wildman–Crippen MR) is 112 cm³/mol. The molecule has 3 amide bonds. The van der Waals surface area contributed by atoms with Crippen LogP contribution in [-0.4, -0.2) is 39.9 Å². The molecule has 31 heavy (non-hydrogen) atoms. The van der Waals surface area contributed by atoms with Crippen LogP contribution in [0.25, 0.3) is 10.2 Å². The Morgan fingerprint density at radius 2 is 2.00 bits per heavy atom. The van der Waals surface area contributed by atoms with Crippen molar-refractivity contribution in [2.45, 2.75) is 31.3 Å². The molecule has 5 rings (SSSR count). The molecule has 2 aliphatic heterocycles. The van der Waals surface area contributed by atoms with Crippen LogP contribution in [-0.2, 0) is 10.3 Å². The van der Waals surface area contributed by atoms with Crippen LogP contribution in [0.15, 0.2) is 42.5 Å². The number of urea groups is 1. The highest BCUT2D eigenvalue weighted by Gasteiger charge is 2.50. The second kappa shape index (κ2) is 7.35. The van der Waals surface area contributed by atoms with Gasteiger partial charge in [0.1, 0.15) is 10.5 Å². The number of nitrogens with one attached hydrogen (secondary N) is 1. The number of carbonyl (C=O) groups excluding carboxylic acids is 2. The van der Waals surface area contributed by atoms with Crippen LogP contribution in [0.4, 0.5) is 13.6 Å². The lowest BCUT2D eigenvalue weighted by Crippen LogP contribution is -2.43. The zero-order valence-electron chi connectivity index (χ0n) is 16.8. The molecule has 0 saturated carbocycles. The Balaban J connectivity index is 1.39. The van der Waals surface area contributed by atoms with E-state index in [0.29, 0.717) is 0 Å². The molecule has 1 aromatic heterocycles. The molecule has 1 N–H and O–H groups in total. The van der Waals surface area contributed by atoms with Gasteiger partial charge in [-0.1, -0.05) is 18.2 Å². The maximum atomic E-state index is 13.8.